The van der Waals surface area contributed by atoms with Gasteiger partial charge in [0.05, 0.1) is 6.04 Å². The molecule has 7 nitrogen and oxygen atoms in total. The minimum Gasteiger partial charge on any atom is -0.447 e. The SMILES string of the molecule is CC(C)C1COC(=O)N1C(=O)C(NC(=O)OC(C)(C)C)C(C)(C)c1ccccc1. The minimum atomic E-state index is -1.02. The van der Waals surface area contributed by atoms with E-state index in [2.05, 4.69) is 5.32 Å². The highest BCUT2D eigenvalue weighted by atomic mass is 16.6. The van der Waals surface area contributed by atoms with Gasteiger partial charge in [0, 0.05) is 5.41 Å². The molecule has 1 saturated heterocycles. The molecule has 2 unspecified atom stereocenters. The molecule has 1 N–H and O–H groups in total. The lowest BCUT2D eigenvalue weighted by molar-refractivity contribution is -0.133. The van der Waals surface area contributed by atoms with Crippen molar-refractivity contribution in [2.45, 2.75) is 71.6 Å². The van der Waals surface area contributed by atoms with Crippen molar-refractivity contribution in [3.8, 4) is 0 Å². The predicted molar refractivity (Wildman–Crippen MR) is 109 cm³/mol. The Kier molecular flexibility index (Phi) is 6.60. The second-order valence-corrected chi connectivity index (χ2v) is 9.26. The van der Waals surface area contributed by atoms with E-state index >= 15 is 0 Å². The Labute approximate surface area is 172 Å². The maximum atomic E-state index is 13.5. The molecular formula is C22H32N2O5. The summed E-state index contributed by atoms with van der Waals surface area (Å²) < 4.78 is 10.5. The van der Waals surface area contributed by atoms with Crippen LogP contribution >= 0.6 is 0 Å². The fourth-order valence-corrected chi connectivity index (χ4v) is 3.33. The van der Waals surface area contributed by atoms with E-state index in [-0.39, 0.29) is 18.6 Å². The highest BCUT2D eigenvalue weighted by Gasteiger charge is 2.47. The fourth-order valence-electron chi connectivity index (χ4n) is 3.33. The Morgan fingerprint density at radius 1 is 1.14 bits per heavy atom. The van der Waals surface area contributed by atoms with Crippen molar-refractivity contribution in [3.05, 3.63) is 35.9 Å². The molecule has 7 heteroatoms. The summed E-state index contributed by atoms with van der Waals surface area (Å²) in [5.41, 5.74) is -0.676. The Hall–Kier alpha value is -2.57. The number of ether oxygens (including phenoxy) is 2. The maximum Gasteiger partial charge on any atom is 0.417 e. The molecular weight excluding hydrogens is 372 g/mol. The van der Waals surface area contributed by atoms with Crippen molar-refractivity contribution in [2.75, 3.05) is 6.61 Å². The van der Waals surface area contributed by atoms with Gasteiger partial charge in [-0.25, -0.2) is 14.5 Å². The lowest BCUT2D eigenvalue weighted by atomic mass is 9.77. The maximum absolute atomic E-state index is 13.5. The van der Waals surface area contributed by atoms with Crippen LogP contribution in [0.25, 0.3) is 0 Å². The molecule has 2 atom stereocenters. The second-order valence-electron chi connectivity index (χ2n) is 9.26. The topological polar surface area (TPSA) is 84.9 Å². The third-order valence-electron chi connectivity index (χ3n) is 5.06. The summed E-state index contributed by atoms with van der Waals surface area (Å²) in [5.74, 6) is -0.488. The van der Waals surface area contributed by atoms with E-state index in [1.165, 1.54) is 0 Å². The van der Waals surface area contributed by atoms with Gasteiger partial charge in [-0.15, -0.1) is 0 Å². The Morgan fingerprint density at radius 3 is 2.24 bits per heavy atom. The van der Waals surface area contributed by atoms with E-state index in [0.29, 0.717) is 0 Å². The molecule has 0 radical (unpaired) electrons. The molecule has 1 aromatic carbocycles. The van der Waals surface area contributed by atoms with Crippen molar-refractivity contribution < 1.29 is 23.9 Å². The number of benzene rings is 1. The highest BCUT2D eigenvalue weighted by molar-refractivity contribution is 5.98. The van der Waals surface area contributed by atoms with Crippen molar-refractivity contribution in [1.29, 1.82) is 0 Å². The number of hydrogen-bond acceptors (Lipinski definition) is 5. The minimum absolute atomic E-state index is 0.0208. The van der Waals surface area contributed by atoms with Gasteiger partial charge in [-0.05, 0) is 32.3 Å². The molecule has 0 bridgehead atoms. The van der Waals surface area contributed by atoms with E-state index in [1.54, 1.807) is 20.8 Å². The zero-order valence-corrected chi connectivity index (χ0v) is 18.3. The van der Waals surface area contributed by atoms with Gasteiger partial charge >= 0.3 is 12.2 Å². The number of carbonyl (C=O) groups is 3. The summed E-state index contributed by atoms with van der Waals surface area (Å²) in [7, 11) is 0. The van der Waals surface area contributed by atoms with E-state index < -0.39 is 35.2 Å². The van der Waals surface area contributed by atoms with Gasteiger partial charge in [0.25, 0.3) is 5.91 Å². The molecule has 0 aliphatic carbocycles. The van der Waals surface area contributed by atoms with Crippen LogP contribution < -0.4 is 5.32 Å². The van der Waals surface area contributed by atoms with Gasteiger partial charge in [-0.3, -0.25) is 4.79 Å². The first-order valence-electron chi connectivity index (χ1n) is 9.89. The number of nitrogens with one attached hydrogen (secondary N) is 1. The van der Waals surface area contributed by atoms with Crippen molar-refractivity contribution in [2.24, 2.45) is 5.92 Å². The van der Waals surface area contributed by atoms with Crippen LogP contribution in [0.2, 0.25) is 0 Å². The Bertz CT molecular complexity index is 752. The van der Waals surface area contributed by atoms with E-state index in [4.69, 9.17) is 9.47 Å². The largest absolute Gasteiger partial charge is 0.447 e. The normalized spacial score (nSPS) is 18.4. The van der Waals surface area contributed by atoms with E-state index in [1.807, 2.05) is 58.0 Å². The first-order valence-corrected chi connectivity index (χ1v) is 9.89. The van der Waals surface area contributed by atoms with E-state index in [9.17, 15) is 14.4 Å². The lowest BCUT2D eigenvalue weighted by Crippen LogP contribution is -2.59. The van der Waals surface area contributed by atoms with Crippen molar-refractivity contribution in [1.82, 2.24) is 10.2 Å². The summed E-state index contributed by atoms with van der Waals surface area (Å²) in [6.45, 7) is 12.9. The monoisotopic (exact) mass is 404 g/mol. The van der Waals surface area contributed by atoms with Gasteiger partial charge in [0.1, 0.15) is 18.2 Å². The van der Waals surface area contributed by atoms with Crippen molar-refractivity contribution in [3.63, 3.8) is 0 Å². The molecule has 2 rings (SSSR count). The average Bonchev–Trinajstić information content (AvgIpc) is 3.00. The standard InChI is InChI=1S/C22H32N2O5/c1-14(2)16-13-28-20(27)24(16)18(25)17(23-19(26)29-21(3,4)5)22(6,7)15-11-9-8-10-12-15/h8-12,14,16-17H,13H2,1-7H3,(H,23,26). The molecule has 160 valence electrons. The number of rotatable bonds is 5. The van der Waals surface area contributed by atoms with Crippen molar-refractivity contribution >= 4 is 18.1 Å². The van der Waals surface area contributed by atoms with Gasteiger partial charge in [0.15, 0.2) is 0 Å². The number of amides is 3. The Balaban J connectivity index is 2.42. The third-order valence-corrected chi connectivity index (χ3v) is 5.06. The number of nitrogens with zero attached hydrogens (tertiary/aromatic N) is 1. The van der Waals surface area contributed by atoms with Crippen LogP contribution in [0.5, 0.6) is 0 Å². The molecule has 1 aliphatic rings. The van der Waals surface area contributed by atoms with Crippen LogP contribution in [0.4, 0.5) is 9.59 Å². The van der Waals surface area contributed by atoms with E-state index in [0.717, 1.165) is 10.5 Å². The molecule has 29 heavy (non-hydrogen) atoms. The number of hydrogen-bond donors (Lipinski definition) is 1. The van der Waals surface area contributed by atoms with Crippen LogP contribution in [-0.4, -0.2) is 47.3 Å². The molecule has 3 amide bonds. The van der Waals surface area contributed by atoms with Crippen LogP contribution in [-0.2, 0) is 19.7 Å². The Morgan fingerprint density at radius 2 is 1.72 bits per heavy atom. The number of cyclic esters (lactones) is 1. The number of alkyl carbamates (subject to hydrolysis) is 1. The first kappa shape index (κ1) is 22.7. The van der Waals surface area contributed by atoms with Gasteiger partial charge < -0.3 is 14.8 Å². The van der Waals surface area contributed by atoms with Gasteiger partial charge in [-0.1, -0.05) is 58.0 Å². The predicted octanol–water partition coefficient (Wildman–Crippen LogP) is 3.86. The summed E-state index contributed by atoms with van der Waals surface area (Å²) in [5, 5.41) is 2.71. The third kappa shape index (κ3) is 5.28. The van der Waals surface area contributed by atoms with Gasteiger partial charge in [0.2, 0.25) is 0 Å². The summed E-state index contributed by atoms with van der Waals surface area (Å²) in [6, 6.07) is 7.99. The average molecular weight is 405 g/mol. The molecule has 0 aromatic heterocycles. The lowest BCUT2D eigenvalue weighted by Gasteiger charge is -2.37. The molecule has 1 aromatic rings. The van der Waals surface area contributed by atoms with Crippen LogP contribution in [0.15, 0.2) is 30.3 Å². The molecule has 0 spiro atoms. The second kappa shape index (κ2) is 8.43. The number of imide groups is 1. The highest BCUT2D eigenvalue weighted by Crippen LogP contribution is 2.31. The zero-order chi connectivity index (χ0) is 22.0. The molecule has 1 heterocycles. The quantitative estimate of drug-likeness (QED) is 0.805. The molecule has 1 fully saturated rings. The van der Waals surface area contributed by atoms with Crippen LogP contribution in [0.3, 0.4) is 0 Å². The zero-order valence-electron chi connectivity index (χ0n) is 18.3. The molecule has 1 aliphatic heterocycles. The summed E-state index contributed by atoms with van der Waals surface area (Å²) in [6.07, 6.45) is -1.40. The van der Waals surface area contributed by atoms with Crippen LogP contribution in [0, 0.1) is 5.92 Å². The first-order chi connectivity index (χ1) is 13.3. The number of carbonyl (C=O) groups excluding carboxylic acids is 3. The van der Waals surface area contributed by atoms with Gasteiger partial charge in [-0.2, -0.15) is 0 Å². The van der Waals surface area contributed by atoms with Crippen LogP contribution in [0.1, 0.15) is 54.0 Å². The smallest absolute Gasteiger partial charge is 0.417 e. The molecule has 0 saturated carbocycles. The fraction of sp³-hybridized carbons (Fsp3) is 0.591. The summed E-state index contributed by atoms with van der Waals surface area (Å²) in [4.78, 5) is 39.6. The summed E-state index contributed by atoms with van der Waals surface area (Å²) >= 11 is 0.